The van der Waals surface area contributed by atoms with Gasteiger partial charge in [0.15, 0.2) is 5.65 Å². The van der Waals surface area contributed by atoms with Crippen molar-refractivity contribution in [1.82, 2.24) is 30.6 Å². The lowest BCUT2D eigenvalue weighted by Crippen LogP contribution is -2.33. The second kappa shape index (κ2) is 5.86. The van der Waals surface area contributed by atoms with Gasteiger partial charge in [0, 0.05) is 12.0 Å². The third-order valence-corrected chi connectivity index (χ3v) is 3.23. The maximum Gasteiger partial charge on any atom is 0.199 e. The van der Waals surface area contributed by atoms with Crippen LogP contribution in [-0.2, 0) is 0 Å². The largest absolute Gasteiger partial charge is 0.314 e. The number of tetrazole rings is 1. The van der Waals surface area contributed by atoms with Crippen LogP contribution >= 0.6 is 0 Å². The van der Waals surface area contributed by atoms with Crippen molar-refractivity contribution < 1.29 is 0 Å². The molecule has 2 rings (SSSR count). The molecule has 2 heterocycles. The number of hydrogen-bond acceptors (Lipinski definition) is 5. The molecular weight excluding hydrogens is 228 g/mol. The summed E-state index contributed by atoms with van der Waals surface area (Å²) in [5.41, 5.74) is 1.72. The minimum Gasteiger partial charge on any atom is -0.314 e. The van der Waals surface area contributed by atoms with Crippen molar-refractivity contribution in [2.75, 3.05) is 6.54 Å². The molecule has 6 nitrogen and oxygen atoms in total. The predicted octanol–water partition coefficient (Wildman–Crippen LogP) is 1.40. The Kier molecular flexibility index (Phi) is 4.19. The normalized spacial score (nSPS) is 14.8. The average Bonchev–Trinajstić information content (AvgIpc) is 2.84. The zero-order valence-electron chi connectivity index (χ0n) is 11.2. The van der Waals surface area contributed by atoms with Gasteiger partial charge in [0.25, 0.3) is 0 Å². The molecule has 0 aliphatic rings. The van der Waals surface area contributed by atoms with Crippen LogP contribution in [0.4, 0.5) is 0 Å². The molecule has 18 heavy (non-hydrogen) atoms. The molecule has 0 aliphatic heterocycles. The maximum absolute atomic E-state index is 4.48. The monoisotopic (exact) mass is 248 g/mol. The van der Waals surface area contributed by atoms with E-state index >= 15 is 0 Å². The lowest BCUT2D eigenvalue weighted by Gasteiger charge is -2.23. The maximum atomic E-state index is 4.48. The van der Waals surface area contributed by atoms with Crippen LogP contribution in [0.3, 0.4) is 0 Å². The van der Waals surface area contributed by atoms with E-state index in [-0.39, 0.29) is 0 Å². The molecule has 2 atom stereocenters. The summed E-state index contributed by atoms with van der Waals surface area (Å²) in [5.74, 6) is 0.380. The van der Waals surface area contributed by atoms with Gasteiger partial charge < -0.3 is 5.32 Å². The number of nitrogens with one attached hydrogen (secondary N) is 1. The first-order valence-electron chi connectivity index (χ1n) is 6.55. The van der Waals surface area contributed by atoms with E-state index in [4.69, 9.17) is 0 Å². The SMILES string of the molecule is CCCNC(C)C(CC)c1ccc2nnnn2n1. The second-order valence-electron chi connectivity index (χ2n) is 4.54. The summed E-state index contributed by atoms with van der Waals surface area (Å²) in [6.45, 7) is 7.59. The van der Waals surface area contributed by atoms with Gasteiger partial charge in [-0.15, -0.1) is 9.73 Å². The molecule has 0 radical (unpaired) electrons. The lowest BCUT2D eigenvalue weighted by molar-refractivity contribution is 0.437. The van der Waals surface area contributed by atoms with Crippen LogP contribution in [0.15, 0.2) is 12.1 Å². The Labute approximate surface area is 107 Å². The summed E-state index contributed by atoms with van der Waals surface area (Å²) in [4.78, 5) is 0. The van der Waals surface area contributed by atoms with Crippen molar-refractivity contribution in [2.45, 2.75) is 45.6 Å². The highest BCUT2D eigenvalue weighted by Crippen LogP contribution is 2.21. The molecule has 0 saturated carbocycles. The highest BCUT2D eigenvalue weighted by Gasteiger charge is 2.19. The van der Waals surface area contributed by atoms with Gasteiger partial charge in [-0.3, -0.25) is 0 Å². The van der Waals surface area contributed by atoms with Gasteiger partial charge in [0.2, 0.25) is 0 Å². The van der Waals surface area contributed by atoms with Gasteiger partial charge in [-0.25, -0.2) is 0 Å². The van der Waals surface area contributed by atoms with E-state index in [0.717, 1.165) is 25.1 Å². The molecule has 0 amide bonds. The Morgan fingerprint density at radius 2 is 2.17 bits per heavy atom. The Balaban J connectivity index is 2.20. The van der Waals surface area contributed by atoms with Crippen molar-refractivity contribution >= 4 is 5.65 Å². The Morgan fingerprint density at radius 3 is 2.89 bits per heavy atom. The number of fused-ring (bicyclic) bond motifs is 1. The van der Waals surface area contributed by atoms with Crippen LogP contribution < -0.4 is 5.32 Å². The predicted molar refractivity (Wildman–Crippen MR) is 69.4 cm³/mol. The molecule has 2 aromatic heterocycles. The first kappa shape index (κ1) is 12.9. The quantitative estimate of drug-likeness (QED) is 0.837. The molecule has 6 heteroatoms. The van der Waals surface area contributed by atoms with E-state index in [0.29, 0.717) is 17.6 Å². The minimum absolute atomic E-state index is 0.380. The number of hydrogen-bond donors (Lipinski definition) is 1. The van der Waals surface area contributed by atoms with E-state index in [2.05, 4.69) is 46.7 Å². The van der Waals surface area contributed by atoms with Crippen molar-refractivity contribution in [3.63, 3.8) is 0 Å². The van der Waals surface area contributed by atoms with Crippen LogP contribution in [-0.4, -0.2) is 37.8 Å². The van der Waals surface area contributed by atoms with E-state index < -0.39 is 0 Å². The van der Waals surface area contributed by atoms with Gasteiger partial charge in [-0.1, -0.05) is 13.8 Å². The standard InChI is InChI=1S/C12H20N6/c1-4-8-13-9(3)10(5-2)11-6-7-12-14-16-17-18(12)15-11/h6-7,9-10,13H,4-5,8H2,1-3H3. The van der Waals surface area contributed by atoms with Crippen molar-refractivity contribution in [1.29, 1.82) is 0 Å². The molecule has 0 saturated heterocycles. The Morgan fingerprint density at radius 1 is 1.33 bits per heavy atom. The van der Waals surface area contributed by atoms with Gasteiger partial charge in [-0.2, -0.15) is 5.10 Å². The summed E-state index contributed by atoms with van der Waals surface area (Å²) in [5, 5.41) is 19.3. The molecule has 0 fully saturated rings. The number of nitrogens with zero attached hydrogens (tertiary/aromatic N) is 5. The molecule has 2 aromatic rings. The first-order chi connectivity index (χ1) is 8.76. The highest BCUT2D eigenvalue weighted by atomic mass is 15.6. The van der Waals surface area contributed by atoms with Crippen LogP contribution in [0.1, 0.15) is 45.2 Å². The topological polar surface area (TPSA) is 68.0 Å². The van der Waals surface area contributed by atoms with Crippen LogP contribution in [0.5, 0.6) is 0 Å². The van der Waals surface area contributed by atoms with Crippen LogP contribution in [0.2, 0.25) is 0 Å². The molecule has 0 spiro atoms. The van der Waals surface area contributed by atoms with Gasteiger partial charge in [0.1, 0.15) is 0 Å². The summed E-state index contributed by atoms with van der Waals surface area (Å²) >= 11 is 0. The molecule has 0 aliphatic carbocycles. The van der Waals surface area contributed by atoms with Gasteiger partial charge in [0.05, 0.1) is 5.69 Å². The third kappa shape index (κ3) is 2.64. The summed E-state index contributed by atoms with van der Waals surface area (Å²) in [6.07, 6.45) is 2.18. The fourth-order valence-corrected chi connectivity index (χ4v) is 2.19. The Hall–Kier alpha value is -1.56. The number of rotatable bonds is 6. The van der Waals surface area contributed by atoms with E-state index in [1.807, 2.05) is 12.1 Å². The molecule has 0 bridgehead atoms. The molecule has 0 aromatic carbocycles. The first-order valence-corrected chi connectivity index (χ1v) is 6.55. The zero-order chi connectivity index (χ0) is 13.0. The minimum atomic E-state index is 0.380. The highest BCUT2D eigenvalue weighted by molar-refractivity contribution is 5.33. The lowest BCUT2D eigenvalue weighted by atomic mass is 9.94. The molecule has 1 N–H and O–H groups in total. The summed E-state index contributed by atoms with van der Waals surface area (Å²) in [7, 11) is 0. The molecule has 2 unspecified atom stereocenters. The zero-order valence-corrected chi connectivity index (χ0v) is 11.2. The average molecular weight is 248 g/mol. The van der Waals surface area contributed by atoms with Crippen molar-refractivity contribution in [3.8, 4) is 0 Å². The molecule has 98 valence electrons. The summed E-state index contributed by atoms with van der Waals surface area (Å²) < 4.78 is 1.49. The van der Waals surface area contributed by atoms with Gasteiger partial charge in [-0.05, 0) is 48.9 Å². The second-order valence-corrected chi connectivity index (χ2v) is 4.54. The molecular formula is C12H20N6. The Bertz CT molecular complexity index is 494. The van der Waals surface area contributed by atoms with Gasteiger partial charge >= 0.3 is 0 Å². The third-order valence-electron chi connectivity index (χ3n) is 3.23. The fraction of sp³-hybridized carbons (Fsp3) is 0.667. The van der Waals surface area contributed by atoms with E-state index in [9.17, 15) is 0 Å². The van der Waals surface area contributed by atoms with Crippen LogP contribution in [0.25, 0.3) is 5.65 Å². The summed E-state index contributed by atoms with van der Waals surface area (Å²) in [6, 6.07) is 4.33. The van der Waals surface area contributed by atoms with Crippen molar-refractivity contribution in [3.05, 3.63) is 17.8 Å². The van der Waals surface area contributed by atoms with E-state index in [1.165, 1.54) is 4.63 Å². The number of aromatic nitrogens is 5. The van der Waals surface area contributed by atoms with E-state index in [1.54, 1.807) is 0 Å². The van der Waals surface area contributed by atoms with Crippen molar-refractivity contribution in [2.24, 2.45) is 0 Å². The van der Waals surface area contributed by atoms with Crippen LogP contribution in [0, 0.1) is 0 Å². The fourth-order valence-electron chi connectivity index (χ4n) is 2.19. The smallest absolute Gasteiger partial charge is 0.199 e.